The second-order valence-electron chi connectivity index (χ2n) is 4.96. The molecule has 1 aliphatic heterocycles. The average Bonchev–Trinajstić information content (AvgIpc) is 2.89. The Morgan fingerprint density at radius 2 is 2.19 bits per heavy atom. The number of nitro benzene ring substituents is 1. The minimum absolute atomic E-state index is 0.0136. The van der Waals surface area contributed by atoms with Crippen LogP contribution in [0.15, 0.2) is 12.1 Å². The number of nitrogens with zero attached hydrogens (tertiary/aromatic N) is 2. The van der Waals surface area contributed by atoms with Gasteiger partial charge < -0.3 is 10.0 Å². The first-order valence-electron chi connectivity index (χ1n) is 6.47. The van der Waals surface area contributed by atoms with E-state index in [1.54, 1.807) is 4.90 Å². The minimum atomic E-state index is -0.614. The predicted octanol–water partition coefficient (Wildman–Crippen LogP) is 2.75. The molecular formula is C13H14Cl2N2O4. The van der Waals surface area contributed by atoms with Gasteiger partial charge in [0.25, 0.3) is 11.6 Å². The number of rotatable bonds is 4. The highest BCUT2D eigenvalue weighted by Gasteiger charge is 2.29. The molecule has 6 nitrogen and oxygen atoms in total. The Morgan fingerprint density at radius 3 is 2.81 bits per heavy atom. The third-order valence-corrected chi connectivity index (χ3v) is 4.37. The van der Waals surface area contributed by atoms with Crippen molar-refractivity contribution < 1.29 is 14.8 Å². The molecule has 1 amide bonds. The summed E-state index contributed by atoms with van der Waals surface area (Å²) in [6.07, 6.45) is 1.43. The van der Waals surface area contributed by atoms with E-state index in [1.807, 2.05) is 0 Å². The van der Waals surface area contributed by atoms with Crippen molar-refractivity contribution in [1.82, 2.24) is 4.90 Å². The number of benzene rings is 1. The number of carbonyl (C=O) groups is 1. The van der Waals surface area contributed by atoms with Gasteiger partial charge in [-0.2, -0.15) is 0 Å². The Hall–Kier alpha value is -1.37. The zero-order valence-corrected chi connectivity index (χ0v) is 12.6. The van der Waals surface area contributed by atoms with E-state index < -0.39 is 4.92 Å². The molecule has 0 spiro atoms. The largest absolute Gasteiger partial charge is 0.396 e. The minimum Gasteiger partial charge on any atom is -0.396 e. The van der Waals surface area contributed by atoms with Crippen molar-refractivity contribution in [1.29, 1.82) is 0 Å². The Morgan fingerprint density at radius 1 is 1.48 bits per heavy atom. The summed E-state index contributed by atoms with van der Waals surface area (Å²) in [7, 11) is 0. The lowest BCUT2D eigenvalue weighted by atomic mass is 10.1. The van der Waals surface area contributed by atoms with E-state index in [2.05, 4.69) is 0 Å². The van der Waals surface area contributed by atoms with Gasteiger partial charge in [-0.3, -0.25) is 14.9 Å². The van der Waals surface area contributed by atoms with Gasteiger partial charge in [0.05, 0.1) is 20.5 Å². The summed E-state index contributed by atoms with van der Waals surface area (Å²) in [5.74, 6) is -0.127. The van der Waals surface area contributed by atoms with Crippen LogP contribution in [0.5, 0.6) is 0 Å². The van der Waals surface area contributed by atoms with Crippen LogP contribution in [0.25, 0.3) is 0 Å². The number of nitro groups is 1. The van der Waals surface area contributed by atoms with Crippen molar-refractivity contribution in [2.45, 2.75) is 12.8 Å². The molecule has 1 saturated heterocycles. The summed E-state index contributed by atoms with van der Waals surface area (Å²) in [5.41, 5.74) is -0.223. The topological polar surface area (TPSA) is 83.7 Å². The van der Waals surface area contributed by atoms with Crippen molar-refractivity contribution >= 4 is 34.8 Å². The van der Waals surface area contributed by atoms with Crippen LogP contribution in [0.3, 0.4) is 0 Å². The van der Waals surface area contributed by atoms with Crippen LogP contribution in [-0.2, 0) is 0 Å². The van der Waals surface area contributed by atoms with Crippen molar-refractivity contribution in [2.24, 2.45) is 5.92 Å². The molecule has 1 aromatic carbocycles. The van der Waals surface area contributed by atoms with Crippen LogP contribution >= 0.6 is 23.2 Å². The molecule has 1 atom stereocenters. The van der Waals surface area contributed by atoms with Crippen molar-refractivity contribution in [2.75, 3.05) is 19.7 Å². The number of hydrogen-bond donors (Lipinski definition) is 1. The summed E-state index contributed by atoms with van der Waals surface area (Å²) in [4.78, 5) is 24.3. The summed E-state index contributed by atoms with van der Waals surface area (Å²) in [5, 5.41) is 19.8. The van der Waals surface area contributed by atoms with Gasteiger partial charge in [0.2, 0.25) is 0 Å². The monoisotopic (exact) mass is 332 g/mol. The van der Waals surface area contributed by atoms with E-state index in [-0.39, 0.29) is 39.7 Å². The van der Waals surface area contributed by atoms with Gasteiger partial charge in [-0.1, -0.05) is 23.2 Å². The number of non-ortho nitro benzene ring substituents is 1. The molecule has 0 saturated carbocycles. The molecule has 2 rings (SSSR count). The third-order valence-electron chi connectivity index (χ3n) is 3.56. The number of aliphatic hydroxyl groups excluding tert-OH is 1. The van der Waals surface area contributed by atoms with Gasteiger partial charge in [-0.25, -0.2) is 0 Å². The fraction of sp³-hybridized carbons (Fsp3) is 0.462. The van der Waals surface area contributed by atoms with E-state index in [9.17, 15) is 14.9 Å². The normalized spacial score (nSPS) is 18.0. The van der Waals surface area contributed by atoms with E-state index in [4.69, 9.17) is 28.3 Å². The molecule has 0 aliphatic carbocycles. The smallest absolute Gasteiger partial charge is 0.271 e. The molecule has 1 aromatic rings. The Bertz CT molecular complexity index is 580. The number of carbonyl (C=O) groups excluding carboxylic acids is 1. The van der Waals surface area contributed by atoms with Crippen LogP contribution in [0, 0.1) is 16.0 Å². The SMILES string of the molecule is O=C(c1cc([N+](=O)[O-])cc(Cl)c1Cl)N1CCC(CCO)C1. The van der Waals surface area contributed by atoms with Gasteiger partial charge in [0.1, 0.15) is 0 Å². The maximum absolute atomic E-state index is 12.4. The molecule has 8 heteroatoms. The highest BCUT2D eigenvalue weighted by molar-refractivity contribution is 6.44. The molecule has 0 bridgehead atoms. The molecule has 1 aliphatic rings. The Balaban J connectivity index is 2.25. The third kappa shape index (κ3) is 3.45. The van der Waals surface area contributed by atoms with E-state index in [0.717, 1.165) is 18.6 Å². The lowest BCUT2D eigenvalue weighted by Gasteiger charge is -2.17. The fourth-order valence-electron chi connectivity index (χ4n) is 2.44. The van der Waals surface area contributed by atoms with Crippen molar-refractivity contribution in [3.63, 3.8) is 0 Å². The molecule has 0 radical (unpaired) electrons. The average molecular weight is 333 g/mol. The van der Waals surface area contributed by atoms with Crippen molar-refractivity contribution in [3.05, 3.63) is 37.9 Å². The zero-order chi connectivity index (χ0) is 15.6. The second-order valence-corrected chi connectivity index (χ2v) is 5.75. The molecule has 1 heterocycles. The van der Waals surface area contributed by atoms with Gasteiger partial charge in [-0.05, 0) is 18.8 Å². The quantitative estimate of drug-likeness (QED) is 0.678. The van der Waals surface area contributed by atoms with E-state index in [0.29, 0.717) is 19.5 Å². The summed E-state index contributed by atoms with van der Waals surface area (Å²) >= 11 is 11.9. The Labute approximate surface area is 131 Å². The first kappa shape index (κ1) is 16.0. The lowest BCUT2D eigenvalue weighted by molar-refractivity contribution is -0.384. The van der Waals surface area contributed by atoms with Crippen LogP contribution in [0.4, 0.5) is 5.69 Å². The number of hydrogen-bond acceptors (Lipinski definition) is 4. The summed E-state index contributed by atoms with van der Waals surface area (Å²) in [6.45, 7) is 1.13. The van der Waals surface area contributed by atoms with Gasteiger partial charge in [-0.15, -0.1) is 0 Å². The molecule has 114 valence electrons. The maximum Gasteiger partial charge on any atom is 0.271 e. The van der Waals surface area contributed by atoms with Gasteiger partial charge in [0.15, 0.2) is 0 Å². The molecular weight excluding hydrogens is 319 g/mol. The second kappa shape index (κ2) is 6.60. The van der Waals surface area contributed by atoms with Crippen molar-refractivity contribution in [3.8, 4) is 0 Å². The maximum atomic E-state index is 12.4. The number of halogens is 2. The van der Waals surface area contributed by atoms with Crippen LogP contribution in [0.2, 0.25) is 10.0 Å². The highest BCUT2D eigenvalue weighted by atomic mass is 35.5. The van der Waals surface area contributed by atoms with E-state index in [1.165, 1.54) is 0 Å². The Kier molecular flexibility index (Phi) is 5.03. The fourth-order valence-corrected chi connectivity index (χ4v) is 2.84. The van der Waals surface area contributed by atoms with Crippen LogP contribution in [0.1, 0.15) is 23.2 Å². The molecule has 21 heavy (non-hydrogen) atoms. The molecule has 1 N–H and O–H groups in total. The first-order valence-corrected chi connectivity index (χ1v) is 7.23. The highest BCUT2D eigenvalue weighted by Crippen LogP contribution is 2.32. The number of amides is 1. The van der Waals surface area contributed by atoms with Gasteiger partial charge in [0, 0.05) is 31.8 Å². The molecule has 1 fully saturated rings. The number of likely N-dealkylation sites (tertiary alicyclic amines) is 1. The van der Waals surface area contributed by atoms with Crippen LogP contribution < -0.4 is 0 Å². The van der Waals surface area contributed by atoms with E-state index >= 15 is 0 Å². The zero-order valence-electron chi connectivity index (χ0n) is 11.1. The summed E-state index contributed by atoms with van der Waals surface area (Å²) in [6, 6.07) is 2.27. The summed E-state index contributed by atoms with van der Waals surface area (Å²) < 4.78 is 0. The first-order chi connectivity index (χ1) is 9.93. The standard InChI is InChI=1S/C13H14Cl2N2O4/c14-11-6-9(17(20)21)5-10(12(11)15)13(19)16-3-1-8(7-16)2-4-18/h5-6,8,18H,1-4,7H2. The lowest BCUT2D eigenvalue weighted by Crippen LogP contribution is -2.29. The number of aliphatic hydroxyl groups is 1. The predicted molar refractivity (Wildman–Crippen MR) is 78.8 cm³/mol. The van der Waals surface area contributed by atoms with Gasteiger partial charge >= 0.3 is 0 Å². The molecule has 1 unspecified atom stereocenters. The molecule has 0 aromatic heterocycles. The van der Waals surface area contributed by atoms with Crippen LogP contribution in [-0.4, -0.2) is 40.5 Å².